The molecule has 0 spiro atoms. The van der Waals surface area contributed by atoms with E-state index in [0.29, 0.717) is 6.04 Å². The number of hydrogen-bond acceptors (Lipinski definition) is 3. The van der Waals surface area contributed by atoms with Crippen molar-refractivity contribution in [3.63, 3.8) is 0 Å². The van der Waals surface area contributed by atoms with Gasteiger partial charge in [-0.3, -0.25) is 9.69 Å². The Hall–Kier alpha value is -2.59. The van der Waals surface area contributed by atoms with Crippen LogP contribution in [0, 0.1) is 26.7 Å². The van der Waals surface area contributed by atoms with E-state index in [4.69, 9.17) is 5.73 Å². The molecular formula is C29H39N3O. The minimum atomic E-state index is -0.123. The Morgan fingerprint density at radius 3 is 2.61 bits per heavy atom. The van der Waals surface area contributed by atoms with E-state index >= 15 is 0 Å². The Morgan fingerprint density at radius 1 is 1.09 bits per heavy atom. The highest BCUT2D eigenvalue weighted by molar-refractivity contribution is 5.76. The normalized spacial score (nSPS) is 22.5. The second-order valence-corrected chi connectivity index (χ2v) is 10.1. The summed E-state index contributed by atoms with van der Waals surface area (Å²) >= 11 is 0. The number of primary amides is 1. The zero-order chi connectivity index (χ0) is 23.5. The number of nitrogens with zero attached hydrogens (tertiary/aromatic N) is 1. The first-order valence-electron chi connectivity index (χ1n) is 12.5. The van der Waals surface area contributed by atoms with E-state index in [2.05, 4.69) is 80.4 Å². The summed E-state index contributed by atoms with van der Waals surface area (Å²) in [7, 11) is 0. The van der Waals surface area contributed by atoms with Gasteiger partial charge in [0, 0.05) is 36.8 Å². The van der Waals surface area contributed by atoms with Crippen molar-refractivity contribution in [2.24, 2.45) is 11.7 Å². The lowest BCUT2D eigenvalue weighted by atomic mass is 9.84. The molecule has 0 bridgehead atoms. The molecule has 1 saturated carbocycles. The zero-order valence-electron chi connectivity index (χ0n) is 20.7. The number of hydrogen-bond donors (Lipinski definition) is 2. The van der Waals surface area contributed by atoms with E-state index in [1.165, 1.54) is 45.5 Å². The van der Waals surface area contributed by atoms with Crippen LogP contribution in [0.1, 0.15) is 72.9 Å². The molecule has 0 saturated heterocycles. The highest BCUT2D eigenvalue weighted by Gasteiger charge is 2.30. The van der Waals surface area contributed by atoms with E-state index in [1.54, 1.807) is 0 Å². The Morgan fingerprint density at radius 2 is 1.91 bits per heavy atom. The van der Waals surface area contributed by atoms with Crippen LogP contribution in [0.5, 0.6) is 0 Å². The van der Waals surface area contributed by atoms with Gasteiger partial charge >= 0.3 is 0 Å². The van der Waals surface area contributed by atoms with Gasteiger partial charge in [-0.15, -0.1) is 0 Å². The molecule has 1 fully saturated rings. The average molecular weight is 446 g/mol. The van der Waals surface area contributed by atoms with E-state index in [0.717, 1.165) is 38.8 Å². The molecule has 2 aliphatic rings. The Balaban J connectivity index is 1.45. The second kappa shape index (κ2) is 10.1. The summed E-state index contributed by atoms with van der Waals surface area (Å²) in [6.45, 7) is 10.8. The number of amides is 1. The van der Waals surface area contributed by atoms with Crippen molar-refractivity contribution in [2.45, 2.75) is 71.9 Å². The van der Waals surface area contributed by atoms with Crippen molar-refractivity contribution in [3.05, 3.63) is 70.3 Å². The highest BCUT2D eigenvalue weighted by Crippen LogP contribution is 2.33. The number of nitrogens with two attached hydrogens (primary N) is 1. The number of rotatable bonds is 6. The molecule has 2 aromatic rings. The summed E-state index contributed by atoms with van der Waals surface area (Å²) in [4.78, 5) is 14.2. The van der Waals surface area contributed by atoms with Gasteiger partial charge < -0.3 is 11.1 Å². The van der Waals surface area contributed by atoms with Gasteiger partial charge in [-0.25, -0.2) is 0 Å². The van der Waals surface area contributed by atoms with Crippen LogP contribution in [-0.4, -0.2) is 29.9 Å². The van der Waals surface area contributed by atoms with Gasteiger partial charge in [-0.2, -0.15) is 0 Å². The molecule has 4 rings (SSSR count). The highest BCUT2D eigenvalue weighted by atomic mass is 16.1. The van der Waals surface area contributed by atoms with Gasteiger partial charge in [0.1, 0.15) is 0 Å². The van der Waals surface area contributed by atoms with Crippen LogP contribution >= 0.6 is 0 Å². The van der Waals surface area contributed by atoms with E-state index in [-0.39, 0.29) is 17.9 Å². The quantitative estimate of drug-likeness (QED) is 0.580. The van der Waals surface area contributed by atoms with Crippen LogP contribution in [0.2, 0.25) is 0 Å². The number of nitrogens with one attached hydrogen (secondary N) is 1. The third kappa shape index (κ3) is 5.50. The summed E-state index contributed by atoms with van der Waals surface area (Å²) in [5.41, 5.74) is 14.8. The number of anilines is 1. The maximum atomic E-state index is 11.7. The maximum Gasteiger partial charge on any atom is 0.220 e. The molecule has 33 heavy (non-hydrogen) atoms. The molecule has 2 aromatic carbocycles. The molecule has 0 radical (unpaired) electrons. The van der Waals surface area contributed by atoms with Crippen molar-refractivity contribution in [2.75, 3.05) is 18.4 Å². The maximum absolute atomic E-state index is 11.7. The lowest BCUT2D eigenvalue weighted by Crippen LogP contribution is -2.43. The summed E-state index contributed by atoms with van der Waals surface area (Å²) < 4.78 is 0. The molecule has 0 aromatic heterocycles. The van der Waals surface area contributed by atoms with Gasteiger partial charge in [-0.05, 0) is 87.3 Å². The molecule has 1 amide bonds. The van der Waals surface area contributed by atoms with Gasteiger partial charge in [0.15, 0.2) is 0 Å². The number of aryl methyl sites for hydroxylation is 3. The zero-order valence-corrected chi connectivity index (χ0v) is 20.7. The minimum absolute atomic E-state index is 0.0546. The SMILES string of the molecule is Cc1ccc([C@@H](C)Nc2cc(C3=CCN(C4CCCC(C(N)=O)C4)CC3)ccc2C)c(C)c1. The van der Waals surface area contributed by atoms with Crippen LogP contribution in [-0.2, 0) is 4.79 Å². The third-order valence-electron chi connectivity index (χ3n) is 7.68. The fraction of sp³-hybridized carbons (Fsp3) is 0.483. The van der Waals surface area contributed by atoms with Gasteiger partial charge in [0.2, 0.25) is 5.91 Å². The fourth-order valence-electron chi connectivity index (χ4n) is 5.63. The molecule has 176 valence electrons. The molecule has 1 heterocycles. The Kier molecular flexibility index (Phi) is 7.23. The van der Waals surface area contributed by atoms with Crippen LogP contribution in [0.25, 0.3) is 5.57 Å². The van der Waals surface area contributed by atoms with Crippen molar-refractivity contribution in [1.29, 1.82) is 0 Å². The molecule has 4 heteroatoms. The summed E-state index contributed by atoms with van der Waals surface area (Å²) in [6.07, 6.45) is 7.61. The van der Waals surface area contributed by atoms with Crippen LogP contribution in [0.15, 0.2) is 42.5 Å². The first kappa shape index (κ1) is 23.6. The van der Waals surface area contributed by atoms with Crippen molar-refractivity contribution in [3.8, 4) is 0 Å². The van der Waals surface area contributed by atoms with Crippen LogP contribution < -0.4 is 11.1 Å². The number of carbonyl (C=O) groups is 1. The largest absolute Gasteiger partial charge is 0.378 e. The third-order valence-corrected chi connectivity index (χ3v) is 7.68. The van der Waals surface area contributed by atoms with Crippen LogP contribution in [0.3, 0.4) is 0 Å². The van der Waals surface area contributed by atoms with Crippen molar-refractivity contribution < 1.29 is 4.79 Å². The van der Waals surface area contributed by atoms with Crippen molar-refractivity contribution in [1.82, 2.24) is 4.90 Å². The molecule has 1 aliphatic carbocycles. The lowest BCUT2D eigenvalue weighted by Gasteiger charge is -2.38. The first-order chi connectivity index (χ1) is 15.8. The molecule has 3 N–H and O–H groups in total. The van der Waals surface area contributed by atoms with Gasteiger partial charge in [0.25, 0.3) is 0 Å². The second-order valence-electron chi connectivity index (χ2n) is 10.1. The lowest BCUT2D eigenvalue weighted by molar-refractivity contribution is -0.123. The Bertz CT molecular complexity index is 1040. The smallest absolute Gasteiger partial charge is 0.220 e. The predicted octanol–water partition coefficient (Wildman–Crippen LogP) is 5.92. The summed E-state index contributed by atoms with van der Waals surface area (Å²) in [6, 6.07) is 14.2. The molecule has 3 atom stereocenters. The van der Waals surface area contributed by atoms with Gasteiger partial charge in [-0.1, -0.05) is 48.4 Å². The molecule has 1 aliphatic heterocycles. The van der Waals surface area contributed by atoms with Crippen LogP contribution in [0.4, 0.5) is 5.69 Å². The predicted molar refractivity (Wildman–Crippen MR) is 138 cm³/mol. The fourth-order valence-corrected chi connectivity index (χ4v) is 5.63. The summed E-state index contributed by atoms with van der Waals surface area (Å²) in [5, 5.41) is 3.76. The monoisotopic (exact) mass is 445 g/mol. The standard InChI is InChI=1S/C29H39N3O/c1-19-8-11-27(21(3)16-19)22(4)31-28-18-24(10-9-20(28)2)23-12-14-32(15-13-23)26-7-5-6-25(17-26)29(30)33/h8-12,16,18,22,25-26,31H,5-7,13-15,17H2,1-4H3,(H2,30,33)/t22-,25?,26?/m1/s1. The molecule has 4 nitrogen and oxygen atoms in total. The number of carbonyl (C=O) groups excluding carboxylic acids is 1. The number of benzene rings is 2. The van der Waals surface area contributed by atoms with E-state index in [9.17, 15) is 4.79 Å². The topological polar surface area (TPSA) is 58.4 Å². The molecular weight excluding hydrogens is 406 g/mol. The summed E-state index contributed by atoms with van der Waals surface area (Å²) in [5.74, 6) is -0.0679. The average Bonchev–Trinajstić information content (AvgIpc) is 2.80. The van der Waals surface area contributed by atoms with E-state index < -0.39 is 0 Å². The first-order valence-corrected chi connectivity index (χ1v) is 12.5. The van der Waals surface area contributed by atoms with E-state index in [1.807, 2.05) is 0 Å². The van der Waals surface area contributed by atoms with Gasteiger partial charge in [0.05, 0.1) is 0 Å². The molecule has 2 unspecified atom stereocenters. The van der Waals surface area contributed by atoms with Crippen molar-refractivity contribution >= 4 is 17.2 Å². The Labute approximate surface area is 199 Å². The minimum Gasteiger partial charge on any atom is -0.378 e.